The van der Waals surface area contributed by atoms with E-state index in [2.05, 4.69) is 14.8 Å². The van der Waals surface area contributed by atoms with E-state index < -0.39 is 23.8 Å². The van der Waals surface area contributed by atoms with Gasteiger partial charge in [0.25, 0.3) is 0 Å². The van der Waals surface area contributed by atoms with Gasteiger partial charge in [0.15, 0.2) is 0 Å². The fourth-order valence-corrected chi connectivity index (χ4v) is 1.80. The molecule has 7 nitrogen and oxygen atoms in total. The summed E-state index contributed by atoms with van der Waals surface area (Å²) < 4.78 is 14.3. The molecule has 1 aromatic carbocycles. The zero-order valence-electron chi connectivity index (χ0n) is 13.0. The van der Waals surface area contributed by atoms with Crippen molar-refractivity contribution in [2.24, 2.45) is 5.92 Å². The number of ether oxygens (including phenoxy) is 3. The first-order valence-corrected chi connectivity index (χ1v) is 6.57. The molecule has 1 atom stereocenters. The Morgan fingerprint density at radius 2 is 1.82 bits per heavy atom. The number of anilines is 1. The highest BCUT2D eigenvalue weighted by Crippen LogP contribution is 2.23. The molecule has 1 N–H and O–H groups in total. The van der Waals surface area contributed by atoms with Gasteiger partial charge in [-0.3, -0.25) is 9.59 Å². The first-order valence-electron chi connectivity index (χ1n) is 6.57. The van der Waals surface area contributed by atoms with Crippen LogP contribution in [0.4, 0.5) is 5.69 Å². The van der Waals surface area contributed by atoms with E-state index in [0.29, 0.717) is 5.75 Å². The van der Waals surface area contributed by atoms with E-state index in [4.69, 9.17) is 4.74 Å². The normalized spacial score (nSPS) is 11.3. The monoisotopic (exact) mass is 309 g/mol. The van der Waals surface area contributed by atoms with E-state index in [9.17, 15) is 14.4 Å². The number of nitrogens with one attached hydrogen (secondary N) is 1. The lowest BCUT2D eigenvalue weighted by atomic mass is 10.1. The molecule has 1 aromatic rings. The number of carbonyl (C=O) groups excluding carboxylic acids is 3. The van der Waals surface area contributed by atoms with Gasteiger partial charge in [0.2, 0.25) is 5.91 Å². The molecule has 0 saturated carbocycles. The Bertz CT molecular complexity index is 569. The molecule has 120 valence electrons. The lowest BCUT2D eigenvalue weighted by Crippen LogP contribution is -2.22. The van der Waals surface area contributed by atoms with Crippen LogP contribution in [0.3, 0.4) is 0 Å². The van der Waals surface area contributed by atoms with E-state index in [1.165, 1.54) is 33.5 Å². The van der Waals surface area contributed by atoms with Crippen LogP contribution in [-0.4, -0.2) is 39.2 Å². The molecule has 0 aliphatic carbocycles. The van der Waals surface area contributed by atoms with Crippen molar-refractivity contribution in [2.75, 3.05) is 26.6 Å². The Balaban J connectivity index is 2.90. The van der Waals surface area contributed by atoms with E-state index in [-0.39, 0.29) is 17.7 Å². The smallest absolute Gasteiger partial charge is 0.340 e. The molecule has 0 radical (unpaired) electrons. The summed E-state index contributed by atoms with van der Waals surface area (Å²) in [6.07, 6.45) is -0.0562. The third kappa shape index (κ3) is 4.47. The van der Waals surface area contributed by atoms with E-state index >= 15 is 0 Å². The molecule has 0 spiro atoms. The highest BCUT2D eigenvalue weighted by molar-refractivity contribution is 6.02. The lowest BCUT2D eigenvalue weighted by molar-refractivity contribution is -0.146. The van der Waals surface area contributed by atoms with Crippen molar-refractivity contribution in [3.63, 3.8) is 0 Å². The van der Waals surface area contributed by atoms with Gasteiger partial charge in [-0.1, -0.05) is 6.92 Å². The summed E-state index contributed by atoms with van der Waals surface area (Å²) >= 11 is 0. The largest absolute Gasteiger partial charge is 0.497 e. The van der Waals surface area contributed by atoms with Crippen LogP contribution in [0.1, 0.15) is 23.7 Å². The average molecular weight is 309 g/mol. The number of carbonyl (C=O) groups is 3. The van der Waals surface area contributed by atoms with Crippen molar-refractivity contribution in [2.45, 2.75) is 13.3 Å². The highest BCUT2D eigenvalue weighted by atomic mass is 16.5. The SMILES string of the molecule is COC(=O)c1cc(OC)ccc1NC(=O)CC(C)C(=O)OC. The third-order valence-corrected chi connectivity index (χ3v) is 3.00. The summed E-state index contributed by atoms with van der Waals surface area (Å²) in [5.41, 5.74) is 0.454. The number of methoxy groups -OCH3 is 3. The maximum absolute atomic E-state index is 12.0. The summed E-state index contributed by atoms with van der Waals surface area (Å²) in [5, 5.41) is 2.58. The number of hydrogen-bond acceptors (Lipinski definition) is 6. The molecule has 0 saturated heterocycles. The molecule has 0 bridgehead atoms. The Labute approximate surface area is 128 Å². The quantitative estimate of drug-likeness (QED) is 0.803. The van der Waals surface area contributed by atoms with Crippen molar-refractivity contribution in [1.82, 2.24) is 0 Å². The van der Waals surface area contributed by atoms with Crippen LogP contribution in [-0.2, 0) is 19.1 Å². The second-order valence-electron chi connectivity index (χ2n) is 4.58. The fraction of sp³-hybridized carbons (Fsp3) is 0.400. The van der Waals surface area contributed by atoms with Gasteiger partial charge >= 0.3 is 11.9 Å². The van der Waals surface area contributed by atoms with Crippen molar-refractivity contribution in [3.8, 4) is 5.75 Å². The van der Waals surface area contributed by atoms with Gasteiger partial charge in [0.05, 0.1) is 38.5 Å². The van der Waals surface area contributed by atoms with Crippen molar-refractivity contribution in [1.29, 1.82) is 0 Å². The van der Waals surface area contributed by atoms with Crippen LogP contribution in [0.15, 0.2) is 18.2 Å². The molecule has 7 heteroatoms. The summed E-state index contributed by atoms with van der Waals surface area (Å²) in [6.45, 7) is 1.58. The number of esters is 2. The number of rotatable bonds is 6. The summed E-state index contributed by atoms with van der Waals surface area (Å²) in [5.74, 6) is -1.60. The number of amides is 1. The van der Waals surface area contributed by atoms with Gasteiger partial charge in [0, 0.05) is 6.42 Å². The van der Waals surface area contributed by atoms with Crippen molar-refractivity contribution >= 4 is 23.5 Å². The molecule has 22 heavy (non-hydrogen) atoms. The minimum absolute atomic E-state index is 0.0562. The Hall–Kier alpha value is -2.57. The van der Waals surface area contributed by atoms with Gasteiger partial charge < -0.3 is 19.5 Å². The Kier molecular flexibility index (Phi) is 6.37. The van der Waals surface area contributed by atoms with Gasteiger partial charge in [-0.2, -0.15) is 0 Å². The molecule has 0 heterocycles. The van der Waals surface area contributed by atoms with Gasteiger partial charge in [-0.25, -0.2) is 4.79 Å². The summed E-state index contributed by atoms with van der Waals surface area (Å²) in [4.78, 5) is 35.0. The maximum Gasteiger partial charge on any atom is 0.340 e. The van der Waals surface area contributed by atoms with Crippen LogP contribution in [0.25, 0.3) is 0 Å². The fourth-order valence-electron chi connectivity index (χ4n) is 1.80. The molecule has 0 fully saturated rings. The lowest BCUT2D eigenvalue weighted by Gasteiger charge is -2.13. The molecular formula is C15H19NO6. The zero-order valence-corrected chi connectivity index (χ0v) is 13.0. The topological polar surface area (TPSA) is 90.9 Å². The van der Waals surface area contributed by atoms with Gasteiger partial charge in [-0.05, 0) is 18.2 Å². The molecular weight excluding hydrogens is 290 g/mol. The molecule has 1 rings (SSSR count). The van der Waals surface area contributed by atoms with E-state index in [1.54, 1.807) is 13.0 Å². The predicted molar refractivity (Wildman–Crippen MR) is 78.8 cm³/mol. The molecule has 0 aromatic heterocycles. The second kappa shape index (κ2) is 8.02. The van der Waals surface area contributed by atoms with Gasteiger partial charge in [0.1, 0.15) is 5.75 Å². The van der Waals surface area contributed by atoms with Crippen LogP contribution >= 0.6 is 0 Å². The Morgan fingerprint density at radius 3 is 2.36 bits per heavy atom. The molecule has 0 aliphatic heterocycles. The minimum Gasteiger partial charge on any atom is -0.497 e. The predicted octanol–water partition coefficient (Wildman–Crippen LogP) is 1.62. The highest BCUT2D eigenvalue weighted by Gasteiger charge is 2.20. The standard InChI is InChI=1S/C15H19NO6/c1-9(14(18)21-3)7-13(17)16-12-6-5-10(20-2)8-11(12)15(19)22-4/h5-6,8-9H,7H2,1-4H3,(H,16,17). The second-order valence-corrected chi connectivity index (χ2v) is 4.58. The zero-order chi connectivity index (χ0) is 16.7. The van der Waals surface area contributed by atoms with Crippen molar-refractivity contribution < 1.29 is 28.6 Å². The van der Waals surface area contributed by atoms with Crippen LogP contribution in [0, 0.1) is 5.92 Å². The Morgan fingerprint density at radius 1 is 1.14 bits per heavy atom. The van der Waals surface area contributed by atoms with E-state index in [0.717, 1.165) is 0 Å². The van der Waals surface area contributed by atoms with E-state index in [1.807, 2.05) is 0 Å². The first kappa shape index (κ1) is 17.5. The van der Waals surface area contributed by atoms with Crippen LogP contribution in [0.2, 0.25) is 0 Å². The number of hydrogen-bond donors (Lipinski definition) is 1. The maximum atomic E-state index is 12.0. The van der Waals surface area contributed by atoms with Crippen LogP contribution in [0.5, 0.6) is 5.75 Å². The van der Waals surface area contributed by atoms with Crippen molar-refractivity contribution in [3.05, 3.63) is 23.8 Å². The molecule has 0 aliphatic rings. The summed E-state index contributed by atoms with van der Waals surface area (Å²) in [7, 11) is 3.97. The molecule has 1 amide bonds. The van der Waals surface area contributed by atoms with Crippen LogP contribution < -0.4 is 10.1 Å². The minimum atomic E-state index is -0.602. The number of benzene rings is 1. The average Bonchev–Trinajstić information content (AvgIpc) is 2.53. The molecule has 1 unspecified atom stereocenters. The first-order chi connectivity index (χ1) is 10.4. The third-order valence-electron chi connectivity index (χ3n) is 3.00. The summed E-state index contributed by atoms with van der Waals surface area (Å²) in [6, 6.07) is 4.60. The van der Waals surface area contributed by atoms with Gasteiger partial charge in [-0.15, -0.1) is 0 Å².